The van der Waals surface area contributed by atoms with Gasteiger partial charge in [0.25, 0.3) is 0 Å². The summed E-state index contributed by atoms with van der Waals surface area (Å²) in [6.07, 6.45) is 0. The van der Waals surface area contributed by atoms with Crippen LogP contribution >= 0.6 is 0 Å². The average molecular weight is 700 g/mol. The van der Waals surface area contributed by atoms with Crippen LogP contribution in [0, 0.1) is 0 Å². The molecule has 0 radical (unpaired) electrons. The molecule has 0 amide bonds. The van der Waals surface area contributed by atoms with Gasteiger partial charge < -0.3 is 4.90 Å². The minimum Gasteiger partial charge on any atom is -0.309 e. The standard InChI is InChI=1S/C54H37N/c1-3-14-38(15-4-1)41-26-28-42(29-27-41)43-32-34-47(35-33-43)55(48-21-13-20-45(37-48)39-16-5-2-6-17-39)54-52-25-12-10-23-50(52)49-22-9-11-24-51(49)53(54)46-31-30-40-18-7-8-19-44(40)36-46/h1-37H. The molecule has 55 heavy (non-hydrogen) atoms. The van der Waals surface area contributed by atoms with Crippen molar-refractivity contribution in [3.8, 4) is 44.5 Å². The monoisotopic (exact) mass is 699 g/mol. The minimum atomic E-state index is 1.09. The van der Waals surface area contributed by atoms with Crippen LogP contribution in [-0.2, 0) is 0 Å². The lowest BCUT2D eigenvalue weighted by Crippen LogP contribution is -2.12. The second-order valence-electron chi connectivity index (χ2n) is 14.1. The summed E-state index contributed by atoms with van der Waals surface area (Å²) >= 11 is 0. The van der Waals surface area contributed by atoms with Crippen molar-refractivity contribution in [2.75, 3.05) is 4.90 Å². The van der Waals surface area contributed by atoms with Crippen LogP contribution in [-0.4, -0.2) is 0 Å². The maximum atomic E-state index is 2.48. The predicted molar refractivity (Wildman–Crippen MR) is 235 cm³/mol. The maximum Gasteiger partial charge on any atom is 0.0624 e. The summed E-state index contributed by atoms with van der Waals surface area (Å²) in [5, 5.41) is 7.37. The van der Waals surface area contributed by atoms with Crippen LogP contribution < -0.4 is 4.90 Å². The highest BCUT2D eigenvalue weighted by atomic mass is 15.1. The Labute approximate surface area is 322 Å². The highest BCUT2D eigenvalue weighted by molar-refractivity contribution is 6.22. The van der Waals surface area contributed by atoms with Gasteiger partial charge in [0.1, 0.15) is 0 Å². The fourth-order valence-corrected chi connectivity index (χ4v) is 8.14. The summed E-state index contributed by atoms with van der Waals surface area (Å²) in [5.74, 6) is 0. The molecule has 10 aromatic rings. The molecule has 0 saturated carbocycles. The van der Waals surface area contributed by atoms with Gasteiger partial charge in [0.15, 0.2) is 0 Å². The Morgan fingerprint density at radius 1 is 0.236 bits per heavy atom. The summed E-state index contributed by atoms with van der Waals surface area (Å²) in [7, 11) is 0. The number of hydrogen-bond donors (Lipinski definition) is 0. The molecule has 0 unspecified atom stereocenters. The van der Waals surface area contributed by atoms with E-state index in [0.29, 0.717) is 0 Å². The largest absolute Gasteiger partial charge is 0.309 e. The second-order valence-corrected chi connectivity index (χ2v) is 14.1. The van der Waals surface area contributed by atoms with E-state index in [1.54, 1.807) is 0 Å². The molecule has 258 valence electrons. The molecule has 0 aliphatic heterocycles. The second kappa shape index (κ2) is 14.0. The minimum absolute atomic E-state index is 1.09. The van der Waals surface area contributed by atoms with E-state index in [2.05, 4.69) is 229 Å². The highest BCUT2D eigenvalue weighted by Gasteiger charge is 2.24. The molecule has 1 heteroatoms. The van der Waals surface area contributed by atoms with E-state index in [4.69, 9.17) is 0 Å². The smallest absolute Gasteiger partial charge is 0.0624 e. The molecule has 1 nitrogen and oxygen atoms in total. The van der Waals surface area contributed by atoms with E-state index in [1.807, 2.05) is 0 Å². The highest BCUT2D eigenvalue weighted by Crippen LogP contribution is 2.50. The van der Waals surface area contributed by atoms with Gasteiger partial charge >= 0.3 is 0 Å². The molecule has 0 heterocycles. The lowest BCUT2D eigenvalue weighted by atomic mass is 9.89. The van der Waals surface area contributed by atoms with Gasteiger partial charge in [-0.1, -0.05) is 194 Å². The molecule has 0 N–H and O–H groups in total. The summed E-state index contributed by atoms with van der Waals surface area (Å²) in [6, 6.07) is 81.5. The van der Waals surface area contributed by atoms with Crippen molar-refractivity contribution in [3.05, 3.63) is 224 Å². The van der Waals surface area contributed by atoms with Gasteiger partial charge in [0.2, 0.25) is 0 Å². The molecule has 0 saturated heterocycles. The van der Waals surface area contributed by atoms with E-state index >= 15 is 0 Å². The van der Waals surface area contributed by atoms with Crippen molar-refractivity contribution in [1.29, 1.82) is 0 Å². The van der Waals surface area contributed by atoms with Crippen LogP contribution in [0.15, 0.2) is 224 Å². The fraction of sp³-hybridized carbons (Fsp3) is 0. The number of rotatable bonds is 7. The molecular formula is C54H37N. The Bertz CT molecular complexity index is 2950. The SMILES string of the molecule is c1ccc(-c2ccc(-c3ccc(N(c4cccc(-c5ccccc5)c4)c4c(-c5ccc6ccccc6c5)c5ccccc5c5ccccc45)cc3)cc2)cc1. The van der Waals surface area contributed by atoms with Gasteiger partial charge in [-0.2, -0.15) is 0 Å². The summed E-state index contributed by atoms with van der Waals surface area (Å²) in [6.45, 7) is 0. The van der Waals surface area contributed by atoms with E-state index in [9.17, 15) is 0 Å². The average Bonchev–Trinajstić information content (AvgIpc) is 3.27. The van der Waals surface area contributed by atoms with Crippen molar-refractivity contribution in [1.82, 2.24) is 0 Å². The first-order valence-electron chi connectivity index (χ1n) is 18.9. The molecular weight excluding hydrogens is 663 g/mol. The normalized spacial score (nSPS) is 11.3. The first kappa shape index (κ1) is 32.4. The zero-order chi connectivity index (χ0) is 36.6. The Balaban J connectivity index is 1.21. The zero-order valence-corrected chi connectivity index (χ0v) is 30.3. The number of hydrogen-bond acceptors (Lipinski definition) is 1. The molecule has 10 aromatic carbocycles. The molecule has 0 spiro atoms. The van der Waals surface area contributed by atoms with Crippen LogP contribution in [0.5, 0.6) is 0 Å². The van der Waals surface area contributed by atoms with E-state index in [-0.39, 0.29) is 0 Å². The van der Waals surface area contributed by atoms with E-state index in [1.165, 1.54) is 76.8 Å². The molecule has 0 aliphatic rings. The van der Waals surface area contributed by atoms with Gasteiger partial charge in [-0.25, -0.2) is 0 Å². The third-order valence-electron chi connectivity index (χ3n) is 10.8. The van der Waals surface area contributed by atoms with Crippen molar-refractivity contribution in [2.45, 2.75) is 0 Å². The summed E-state index contributed by atoms with van der Waals surface area (Å²) < 4.78 is 0. The van der Waals surface area contributed by atoms with E-state index < -0.39 is 0 Å². The van der Waals surface area contributed by atoms with Crippen molar-refractivity contribution < 1.29 is 0 Å². The molecule has 10 rings (SSSR count). The van der Waals surface area contributed by atoms with Crippen molar-refractivity contribution in [2.24, 2.45) is 0 Å². The first-order valence-corrected chi connectivity index (χ1v) is 18.9. The van der Waals surface area contributed by atoms with E-state index in [0.717, 1.165) is 17.1 Å². The molecule has 0 bridgehead atoms. The Hall–Kier alpha value is -7.22. The Morgan fingerprint density at radius 2 is 0.691 bits per heavy atom. The maximum absolute atomic E-state index is 2.48. The molecule has 0 aromatic heterocycles. The van der Waals surface area contributed by atoms with Crippen molar-refractivity contribution in [3.63, 3.8) is 0 Å². The number of nitrogens with zero attached hydrogens (tertiary/aromatic N) is 1. The predicted octanol–water partition coefficient (Wildman–Crippen LogP) is 15.3. The van der Waals surface area contributed by atoms with Crippen LogP contribution in [0.1, 0.15) is 0 Å². The van der Waals surface area contributed by atoms with Gasteiger partial charge in [-0.3, -0.25) is 0 Å². The van der Waals surface area contributed by atoms with Gasteiger partial charge in [-0.15, -0.1) is 0 Å². The molecule has 0 atom stereocenters. The van der Waals surface area contributed by atoms with Crippen LogP contribution in [0.4, 0.5) is 17.1 Å². The van der Waals surface area contributed by atoms with Gasteiger partial charge in [0.05, 0.1) is 5.69 Å². The van der Waals surface area contributed by atoms with Gasteiger partial charge in [-0.05, 0) is 96.2 Å². The lowest BCUT2D eigenvalue weighted by Gasteiger charge is -2.31. The first-order chi connectivity index (χ1) is 27.3. The third kappa shape index (κ3) is 6.02. The molecule has 0 aliphatic carbocycles. The lowest BCUT2D eigenvalue weighted by molar-refractivity contribution is 1.30. The quantitative estimate of drug-likeness (QED) is 0.150. The molecule has 0 fully saturated rings. The number of anilines is 3. The Kier molecular flexibility index (Phi) is 8.24. The Morgan fingerprint density at radius 3 is 1.35 bits per heavy atom. The summed E-state index contributed by atoms with van der Waals surface area (Å²) in [4.78, 5) is 2.48. The van der Waals surface area contributed by atoms with Crippen LogP contribution in [0.2, 0.25) is 0 Å². The van der Waals surface area contributed by atoms with Crippen LogP contribution in [0.3, 0.4) is 0 Å². The zero-order valence-electron chi connectivity index (χ0n) is 30.3. The third-order valence-corrected chi connectivity index (χ3v) is 10.8. The fourth-order valence-electron chi connectivity index (χ4n) is 8.14. The summed E-state index contributed by atoms with van der Waals surface area (Å²) in [5.41, 5.74) is 12.9. The number of benzene rings is 10. The van der Waals surface area contributed by atoms with Crippen molar-refractivity contribution >= 4 is 49.4 Å². The van der Waals surface area contributed by atoms with Gasteiger partial charge in [0, 0.05) is 22.3 Å². The topological polar surface area (TPSA) is 3.24 Å². The number of fused-ring (bicyclic) bond motifs is 4. The van der Waals surface area contributed by atoms with Crippen LogP contribution in [0.25, 0.3) is 76.8 Å².